The summed E-state index contributed by atoms with van der Waals surface area (Å²) in [6, 6.07) is 1.14. The number of ether oxygens (including phenoxy) is 1. The van der Waals surface area contributed by atoms with E-state index >= 15 is 0 Å². The molecule has 0 saturated heterocycles. The van der Waals surface area contributed by atoms with Crippen LogP contribution in [0.5, 0.6) is 0 Å². The number of hydrogen-bond acceptors (Lipinski definition) is 5. The van der Waals surface area contributed by atoms with Gasteiger partial charge in [-0.1, -0.05) is 38.5 Å². The quantitative estimate of drug-likeness (QED) is 0.204. The number of carbonyl (C=O) groups excluding carboxylic acids is 1. The third-order valence-corrected chi connectivity index (χ3v) is 7.53. The molecule has 150 valence electrons. The van der Waals surface area contributed by atoms with Crippen LogP contribution in [0.1, 0.15) is 51.4 Å². The maximum absolute atomic E-state index is 12.9. The van der Waals surface area contributed by atoms with Crippen LogP contribution in [-0.4, -0.2) is 46.2 Å². The van der Waals surface area contributed by atoms with Gasteiger partial charge >= 0.3 is 21.3 Å². The Hall–Kier alpha value is -0.583. The standard InChI is InChI=1S/C15H30F2O6SSi/c1-22-25(2,3)12-10-8-6-4-5-7-9-11-14(18)23-13-15(16,17)24(19,20)21/h4-13H2,1-3H3,(H,19,20,21). The number of alkyl halides is 2. The monoisotopic (exact) mass is 404 g/mol. The number of halogens is 2. The summed E-state index contributed by atoms with van der Waals surface area (Å²) in [5.41, 5.74) is 0. The summed E-state index contributed by atoms with van der Waals surface area (Å²) >= 11 is 0. The van der Waals surface area contributed by atoms with Crippen LogP contribution in [0.4, 0.5) is 8.78 Å². The first-order valence-corrected chi connectivity index (χ1v) is 13.0. The van der Waals surface area contributed by atoms with Crippen molar-refractivity contribution in [2.75, 3.05) is 13.7 Å². The lowest BCUT2D eigenvalue weighted by Gasteiger charge is -2.19. The average Bonchev–Trinajstić information content (AvgIpc) is 2.50. The summed E-state index contributed by atoms with van der Waals surface area (Å²) in [5.74, 6) is -0.893. The van der Waals surface area contributed by atoms with Crippen molar-refractivity contribution >= 4 is 24.4 Å². The van der Waals surface area contributed by atoms with Crippen LogP contribution in [0.25, 0.3) is 0 Å². The van der Waals surface area contributed by atoms with Crippen molar-refractivity contribution in [2.24, 2.45) is 0 Å². The summed E-state index contributed by atoms with van der Waals surface area (Å²) in [6.07, 6.45) is 6.63. The van der Waals surface area contributed by atoms with E-state index in [1.54, 1.807) is 7.11 Å². The van der Waals surface area contributed by atoms with Crippen LogP contribution in [0, 0.1) is 0 Å². The van der Waals surface area contributed by atoms with E-state index in [9.17, 15) is 22.0 Å². The first-order chi connectivity index (χ1) is 11.4. The fraction of sp³-hybridized carbons (Fsp3) is 0.933. The van der Waals surface area contributed by atoms with Crippen molar-refractivity contribution < 1.29 is 35.7 Å². The molecule has 0 bridgehead atoms. The second kappa shape index (κ2) is 11.2. The van der Waals surface area contributed by atoms with Gasteiger partial charge in [0.2, 0.25) is 0 Å². The highest BCUT2D eigenvalue weighted by molar-refractivity contribution is 7.86. The SMILES string of the molecule is CO[Si](C)(C)CCCCCCCCCC(=O)OCC(F)(F)S(=O)(=O)O. The maximum atomic E-state index is 12.9. The molecule has 0 fully saturated rings. The third-order valence-electron chi connectivity index (χ3n) is 3.99. The molecule has 0 aliphatic heterocycles. The van der Waals surface area contributed by atoms with Crippen molar-refractivity contribution in [2.45, 2.75) is 75.8 Å². The molecule has 1 N–H and O–H groups in total. The molecule has 0 saturated carbocycles. The molecule has 10 heteroatoms. The molecule has 0 aromatic heterocycles. The van der Waals surface area contributed by atoms with Crippen molar-refractivity contribution in [3.05, 3.63) is 0 Å². The molecule has 0 radical (unpaired) electrons. The zero-order chi connectivity index (χ0) is 19.6. The van der Waals surface area contributed by atoms with Crippen LogP contribution in [0.3, 0.4) is 0 Å². The lowest BCUT2D eigenvalue weighted by atomic mass is 10.1. The molecule has 6 nitrogen and oxygen atoms in total. The lowest BCUT2D eigenvalue weighted by molar-refractivity contribution is -0.149. The molecule has 25 heavy (non-hydrogen) atoms. The Morgan fingerprint density at radius 1 is 1.04 bits per heavy atom. The molecule has 0 aliphatic rings. The van der Waals surface area contributed by atoms with E-state index in [1.807, 2.05) is 0 Å². The molecule has 0 amide bonds. The third kappa shape index (κ3) is 11.6. The molecule has 0 atom stereocenters. The van der Waals surface area contributed by atoms with Gasteiger partial charge in [-0.15, -0.1) is 0 Å². The topological polar surface area (TPSA) is 89.9 Å². The van der Waals surface area contributed by atoms with Gasteiger partial charge < -0.3 is 9.16 Å². The van der Waals surface area contributed by atoms with Gasteiger partial charge in [0.1, 0.15) is 0 Å². The Morgan fingerprint density at radius 2 is 1.52 bits per heavy atom. The summed E-state index contributed by atoms with van der Waals surface area (Å²) in [7, 11) is -5.26. The van der Waals surface area contributed by atoms with Crippen LogP contribution in [-0.2, 0) is 24.1 Å². The maximum Gasteiger partial charge on any atom is 0.402 e. The smallest absolute Gasteiger partial charge is 0.402 e. The van der Waals surface area contributed by atoms with Gasteiger partial charge in [0.25, 0.3) is 0 Å². The Labute approximate surface area is 150 Å². The van der Waals surface area contributed by atoms with Crippen molar-refractivity contribution in [1.82, 2.24) is 0 Å². The van der Waals surface area contributed by atoms with Gasteiger partial charge in [0.05, 0.1) is 0 Å². The molecule has 0 spiro atoms. The highest BCUT2D eigenvalue weighted by Crippen LogP contribution is 2.21. The fourth-order valence-electron chi connectivity index (χ4n) is 2.12. The van der Waals surface area contributed by atoms with E-state index in [4.69, 9.17) is 8.98 Å². The molecule has 0 aliphatic carbocycles. The van der Waals surface area contributed by atoms with Crippen molar-refractivity contribution in [3.63, 3.8) is 0 Å². The first kappa shape index (κ1) is 24.4. The minimum Gasteiger partial charge on any atom is -0.458 e. The van der Waals surface area contributed by atoms with Crippen molar-refractivity contribution in [3.8, 4) is 0 Å². The number of carbonyl (C=O) groups is 1. The zero-order valence-corrected chi connectivity index (χ0v) is 17.0. The number of hydrogen-bond donors (Lipinski definition) is 1. The minimum atomic E-state index is -5.57. The summed E-state index contributed by atoms with van der Waals surface area (Å²) < 4.78 is 64.4. The summed E-state index contributed by atoms with van der Waals surface area (Å²) in [6.45, 7) is 2.72. The Kier molecular flexibility index (Phi) is 10.9. The summed E-state index contributed by atoms with van der Waals surface area (Å²) in [4.78, 5) is 11.3. The van der Waals surface area contributed by atoms with Gasteiger partial charge in [-0.05, 0) is 25.6 Å². The second-order valence-electron chi connectivity index (χ2n) is 6.71. The Bertz CT molecular complexity index is 496. The lowest BCUT2D eigenvalue weighted by Crippen LogP contribution is -2.34. The predicted octanol–water partition coefficient (Wildman–Crippen LogP) is 3.98. The predicted molar refractivity (Wildman–Crippen MR) is 93.7 cm³/mol. The minimum absolute atomic E-state index is 0.0464. The van der Waals surface area contributed by atoms with Gasteiger partial charge in [-0.2, -0.15) is 17.2 Å². The highest BCUT2D eigenvalue weighted by atomic mass is 32.2. The zero-order valence-electron chi connectivity index (χ0n) is 15.2. The highest BCUT2D eigenvalue weighted by Gasteiger charge is 2.45. The molecule has 0 heterocycles. The van der Waals surface area contributed by atoms with Gasteiger partial charge in [0.15, 0.2) is 14.9 Å². The fourth-order valence-corrected chi connectivity index (χ4v) is 3.63. The first-order valence-electron chi connectivity index (χ1n) is 8.47. The second-order valence-corrected chi connectivity index (χ2v) is 12.7. The summed E-state index contributed by atoms with van der Waals surface area (Å²) in [5, 5.41) is -4.47. The molecule has 0 aromatic rings. The molecule has 0 aromatic carbocycles. The van der Waals surface area contributed by atoms with Crippen LogP contribution >= 0.6 is 0 Å². The van der Waals surface area contributed by atoms with Crippen LogP contribution in [0.15, 0.2) is 0 Å². The number of rotatable bonds is 14. The van der Waals surface area contributed by atoms with E-state index in [-0.39, 0.29) is 6.42 Å². The van der Waals surface area contributed by atoms with Gasteiger partial charge in [-0.3, -0.25) is 9.35 Å². The van der Waals surface area contributed by atoms with E-state index in [0.717, 1.165) is 44.6 Å². The van der Waals surface area contributed by atoms with Crippen molar-refractivity contribution in [1.29, 1.82) is 0 Å². The van der Waals surface area contributed by atoms with Gasteiger partial charge in [-0.25, -0.2) is 0 Å². The van der Waals surface area contributed by atoms with Crippen LogP contribution < -0.4 is 0 Å². The molecular weight excluding hydrogens is 374 g/mol. The van der Waals surface area contributed by atoms with E-state index in [1.165, 1.54) is 0 Å². The van der Waals surface area contributed by atoms with Gasteiger partial charge in [0, 0.05) is 13.5 Å². The van der Waals surface area contributed by atoms with E-state index < -0.39 is 36.3 Å². The Balaban J connectivity index is 3.62. The average molecular weight is 405 g/mol. The number of unbranched alkanes of at least 4 members (excludes halogenated alkanes) is 6. The molecular formula is C15H30F2O6SSi. The normalized spacial score (nSPS) is 13.0. The molecule has 0 unspecified atom stereocenters. The number of esters is 1. The van der Waals surface area contributed by atoms with E-state index in [2.05, 4.69) is 17.8 Å². The Morgan fingerprint density at radius 3 is 2.00 bits per heavy atom. The van der Waals surface area contributed by atoms with Crippen LogP contribution in [0.2, 0.25) is 19.1 Å². The van der Waals surface area contributed by atoms with E-state index in [0.29, 0.717) is 6.42 Å². The molecule has 0 rings (SSSR count). The largest absolute Gasteiger partial charge is 0.458 e.